The number of carboxylic acids is 1. The van der Waals surface area contributed by atoms with Gasteiger partial charge >= 0.3 is 5.97 Å². The number of hydrogen-bond donors (Lipinski definition) is 3. The summed E-state index contributed by atoms with van der Waals surface area (Å²) in [5, 5.41) is 11.4. The van der Waals surface area contributed by atoms with Gasteiger partial charge in [-0.15, -0.1) is 11.8 Å². The molecule has 19 heavy (non-hydrogen) atoms. The first kappa shape index (κ1) is 15.5. The first-order chi connectivity index (χ1) is 8.90. The van der Waals surface area contributed by atoms with Gasteiger partial charge in [-0.25, -0.2) is 0 Å². The second-order valence-electron chi connectivity index (χ2n) is 4.33. The highest BCUT2D eigenvalue weighted by atomic mass is 32.2. The summed E-state index contributed by atoms with van der Waals surface area (Å²) in [6.45, 7) is 3.87. The average molecular weight is 282 g/mol. The molecule has 0 radical (unpaired) electrons. The maximum Gasteiger partial charge on any atom is 0.321 e. The second-order valence-corrected chi connectivity index (χ2v) is 5.36. The van der Waals surface area contributed by atoms with Crippen LogP contribution < -0.4 is 11.1 Å². The van der Waals surface area contributed by atoms with E-state index in [-0.39, 0.29) is 17.4 Å². The maximum atomic E-state index is 11.7. The lowest BCUT2D eigenvalue weighted by Crippen LogP contribution is -2.33. The zero-order valence-corrected chi connectivity index (χ0v) is 11.8. The number of amides is 1. The first-order valence-corrected chi connectivity index (χ1v) is 6.99. The molecule has 0 aliphatic carbocycles. The van der Waals surface area contributed by atoms with Crippen LogP contribution in [0, 0.1) is 13.8 Å². The van der Waals surface area contributed by atoms with E-state index in [0.717, 1.165) is 16.8 Å². The number of carbonyl (C=O) groups is 2. The van der Waals surface area contributed by atoms with Crippen LogP contribution in [0.3, 0.4) is 0 Å². The molecule has 0 spiro atoms. The lowest BCUT2D eigenvalue weighted by molar-refractivity contribution is -0.137. The molecule has 0 aromatic heterocycles. The van der Waals surface area contributed by atoms with Crippen LogP contribution in [0.15, 0.2) is 18.2 Å². The quantitative estimate of drug-likeness (QED) is 0.733. The Morgan fingerprint density at radius 3 is 2.74 bits per heavy atom. The van der Waals surface area contributed by atoms with Crippen molar-refractivity contribution in [3.8, 4) is 0 Å². The fraction of sp³-hybridized carbons (Fsp3) is 0.385. The molecule has 1 rings (SSSR count). The maximum absolute atomic E-state index is 11.7. The third-order valence-corrected chi connectivity index (χ3v) is 3.58. The van der Waals surface area contributed by atoms with Gasteiger partial charge in [0, 0.05) is 11.4 Å². The van der Waals surface area contributed by atoms with E-state index >= 15 is 0 Å². The lowest BCUT2D eigenvalue weighted by atomic mass is 10.1. The second kappa shape index (κ2) is 7.16. The highest BCUT2D eigenvalue weighted by molar-refractivity contribution is 8.00. The molecule has 0 saturated carbocycles. The van der Waals surface area contributed by atoms with Crippen molar-refractivity contribution in [2.24, 2.45) is 5.73 Å². The molecule has 1 aromatic rings. The summed E-state index contributed by atoms with van der Waals surface area (Å²) in [6, 6.07) is 4.89. The Kier molecular flexibility index (Phi) is 5.85. The molecule has 0 fully saturated rings. The molecular weight excluding hydrogens is 264 g/mol. The van der Waals surface area contributed by atoms with Crippen LogP contribution in [0.1, 0.15) is 11.1 Å². The van der Waals surface area contributed by atoms with Gasteiger partial charge in [0.1, 0.15) is 6.04 Å². The molecule has 5 nitrogen and oxygen atoms in total. The summed E-state index contributed by atoms with van der Waals surface area (Å²) in [4.78, 5) is 22.2. The van der Waals surface area contributed by atoms with E-state index in [1.54, 1.807) is 0 Å². The number of aliphatic carboxylic acids is 1. The number of benzene rings is 1. The predicted octanol–water partition coefficient (Wildman–Crippen LogP) is 1.39. The van der Waals surface area contributed by atoms with E-state index in [1.807, 2.05) is 32.0 Å². The Labute approximate surface area is 116 Å². The van der Waals surface area contributed by atoms with Crippen molar-refractivity contribution in [3.63, 3.8) is 0 Å². The number of hydrogen-bond acceptors (Lipinski definition) is 4. The van der Waals surface area contributed by atoms with Crippen molar-refractivity contribution in [1.29, 1.82) is 0 Å². The van der Waals surface area contributed by atoms with Crippen LogP contribution in [0.25, 0.3) is 0 Å². The van der Waals surface area contributed by atoms with Crippen LogP contribution in [0.2, 0.25) is 0 Å². The van der Waals surface area contributed by atoms with Crippen LogP contribution in [0.4, 0.5) is 5.69 Å². The third-order valence-electron chi connectivity index (χ3n) is 2.51. The fourth-order valence-corrected chi connectivity index (χ4v) is 2.18. The number of carboxylic acid groups (broad SMARTS) is 1. The highest BCUT2D eigenvalue weighted by Crippen LogP contribution is 2.16. The van der Waals surface area contributed by atoms with E-state index in [0.29, 0.717) is 0 Å². The Morgan fingerprint density at radius 2 is 2.11 bits per heavy atom. The summed E-state index contributed by atoms with van der Waals surface area (Å²) in [6.07, 6.45) is 0. The van der Waals surface area contributed by atoms with Gasteiger partial charge in [0.25, 0.3) is 0 Å². The van der Waals surface area contributed by atoms with Gasteiger partial charge in [0.15, 0.2) is 0 Å². The molecule has 1 unspecified atom stereocenters. The Morgan fingerprint density at radius 1 is 1.42 bits per heavy atom. The zero-order chi connectivity index (χ0) is 14.4. The Balaban J connectivity index is 2.43. The van der Waals surface area contributed by atoms with Crippen molar-refractivity contribution in [1.82, 2.24) is 0 Å². The molecule has 1 amide bonds. The summed E-state index contributed by atoms with van der Waals surface area (Å²) in [5.74, 6) is -0.803. The van der Waals surface area contributed by atoms with E-state index in [4.69, 9.17) is 10.8 Å². The lowest BCUT2D eigenvalue weighted by Gasteiger charge is -2.10. The average Bonchev–Trinajstić information content (AvgIpc) is 2.33. The molecule has 0 aliphatic heterocycles. The van der Waals surface area contributed by atoms with Crippen LogP contribution in [-0.4, -0.2) is 34.5 Å². The van der Waals surface area contributed by atoms with Gasteiger partial charge in [0.2, 0.25) is 5.91 Å². The van der Waals surface area contributed by atoms with Gasteiger partial charge in [-0.1, -0.05) is 12.1 Å². The topological polar surface area (TPSA) is 92.4 Å². The molecule has 1 aromatic carbocycles. The van der Waals surface area contributed by atoms with Crippen molar-refractivity contribution >= 4 is 29.3 Å². The van der Waals surface area contributed by atoms with E-state index in [1.165, 1.54) is 11.8 Å². The monoisotopic (exact) mass is 282 g/mol. The van der Waals surface area contributed by atoms with Gasteiger partial charge in [-0.2, -0.15) is 0 Å². The SMILES string of the molecule is Cc1ccc(C)c(NC(=O)CSCC(N)C(=O)O)c1. The number of anilines is 1. The summed E-state index contributed by atoms with van der Waals surface area (Å²) in [5.41, 5.74) is 8.20. The summed E-state index contributed by atoms with van der Waals surface area (Å²) < 4.78 is 0. The predicted molar refractivity (Wildman–Crippen MR) is 77.5 cm³/mol. The van der Waals surface area contributed by atoms with E-state index in [2.05, 4.69) is 5.32 Å². The number of nitrogens with two attached hydrogens (primary N) is 1. The largest absolute Gasteiger partial charge is 0.480 e. The zero-order valence-electron chi connectivity index (χ0n) is 11.0. The minimum Gasteiger partial charge on any atom is -0.480 e. The van der Waals surface area contributed by atoms with Gasteiger partial charge in [-0.05, 0) is 31.0 Å². The fourth-order valence-electron chi connectivity index (χ4n) is 1.41. The number of carbonyl (C=O) groups excluding carboxylic acids is 1. The van der Waals surface area contributed by atoms with Crippen LogP contribution in [-0.2, 0) is 9.59 Å². The van der Waals surface area contributed by atoms with Crippen molar-refractivity contribution in [2.75, 3.05) is 16.8 Å². The molecule has 0 saturated heterocycles. The summed E-state index contributed by atoms with van der Waals surface area (Å²) >= 11 is 1.21. The molecule has 0 aliphatic rings. The molecule has 104 valence electrons. The van der Waals surface area contributed by atoms with Crippen molar-refractivity contribution < 1.29 is 14.7 Å². The highest BCUT2D eigenvalue weighted by Gasteiger charge is 2.12. The normalized spacial score (nSPS) is 11.9. The molecule has 0 heterocycles. The standard InChI is InChI=1S/C13H18N2O3S/c1-8-3-4-9(2)11(5-8)15-12(16)7-19-6-10(14)13(17)18/h3-5,10H,6-7,14H2,1-2H3,(H,15,16)(H,17,18). The van der Waals surface area contributed by atoms with Crippen molar-refractivity contribution in [2.45, 2.75) is 19.9 Å². The molecule has 6 heteroatoms. The van der Waals surface area contributed by atoms with Gasteiger partial charge in [-0.3, -0.25) is 9.59 Å². The van der Waals surface area contributed by atoms with Gasteiger partial charge in [0.05, 0.1) is 5.75 Å². The number of nitrogens with one attached hydrogen (secondary N) is 1. The first-order valence-electron chi connectivity index (χ1n) is 5.83. The minimum atomic E-state index is -1.05. The third kappa shape index (κ3) is 5.32. The molecule has 0 bridgehead atoms. The molecular formula is C13H18N2O3S. The Hall–Kier alpha value is -1.53. The number of thioether (sulfide) groups is 1. The Bertz CT molecular complexity index is 477. The number of aryl methyl sites for hydroxylation is 2. The van der Waals surface area contributed by atoms with Crippen molar-refractivity contribution in [3.05, 3.63) is 29.3 Å². The smallest absolute Gasteiger partial charge is 0.321 e. The van der Waals surface area contributed by atoms with Crippen LogP contribution in [0.5, 0.6) is 0 Å². The molecule has 4 N–H and O–H groups in total. The molecule has 1 atom stereocenters. The summed E-state index contributed by atoms with van der Waals surface area (Å²) in [7, 11) is 0. The number of rotatable bonds is 6. The minimum absolute atomic E-state index is 0.156. The van der Waals surface area contributed by atoms with Crippen LogP contribution >= 0.6 is 11.8 Å². The van der Waals surface area contributed by atoms with E-state index < -0.39 is 12.0 Å². The van der Waals surface area contributed by atoms with Gasteiger partial charge < -0.3 is 16.2 Å². The van der Waals surface area contributed by atoms with E-state index in [9.17, 15) is 9.59 Å².